The average Bonchev–Trinajstić information content (AvgIpc) is 3.21. The molecule has 0 fully saturated rings. The van der Waals surface area contributed by atoms with Gasteiger partial charge in [-0.05, 0) is 49.9 Å². The smallest absolute Gasteiger partial charge is 0.213 e. The molecule has 0 amide bonds. The van der Waals surface area contributed by atoms with Crippen LogP contribution in [0.1, 0.15) is 17.5 Å². The van der Waals surface area contributed by atoms with E-state index in [4.69, 9.17) is 9.47 Å². The number of pyridine rings is 1. The van der Waals surface area contributed by atoms with Crippen LogP contribution in [-0.2, 0) is 0 Å². The fraction of sp³-hybridized carbons (Fsp3) is 0.240. The van der Waals surface area contributed by atoms with Crippen molar-refractivity contribution < 1.29 is 14.6 Å². The molecule has 1 atom stereocenters. The highest BCUT2D eigenvalue weighted by molar-refractivity contribution is 7.14. The number of rotatable bonds is 11. The molecule has 0 aliphatic carbocycles. The van der Waals surface area contributed by atoms with Gasteiger partial charge in [-0.25, -0.2) is 9.97 Å². The van der Waals surface area contributed by atoms with E-state index >= 15 is 0 Å². The first-order valence-electron chi connectivity index (χ1n) is 10.4. The summed E-state index contributed by atoms with van der Waals surface area (Å²) in [6, 6.07) is 7.52. The van der Waals surface area contributed by atoms with E-state index in [-0.39, 0.29) is 0 Å². The van der Waals surface area contributed by atoms with Gasteiger partial charge in [0, 0.05) is 23.4 Å². The molecule has 172 valence electrons. The number of hydrogen-bond donors (Lipinski definition) is 2. The van der Waals surface area contributed by atoms with Gasteiger partial charge in [-0.1, -0.05) is 24.3 Å². The molecular formula is C25H28N4O3S. The van der Waals surface area contributed by atoms with Gasteiger partial charge in [0.25, 0.3) is 0 Å². The van der Waals surface area contributed by atoms with Crippen LogP contribution in [0, 0.1) is 13.8 Å². The fourth-order valence-corrected chi connectivity index (χ4v) is 4.08. The number of thiazole rings is 1. The number of methoxy groups -OCH3 is 1. The summed E-state index contributed by atoms with van der Waals surface area (Å²) < 4.78 is 11.0. The Morgan fingerprint density at radius 1 is 1.27 bits per heavy atom. The van der Waals surface area contributed by atoms with E-state index in [1.165, 1.54) is 11.3 Å². The number of nitrogens with zero attached hydrogens (tertiary/aromatic N) is 3. The van der Waals surface area contributed by atoms with Crippen LogP contribution in [0.4, 0.5) is 5.13 Å². The standard InChI is InChI=1S/C25H28N4O3S/c1-16(7-6-10-26-4)11-22(30)29-25-28-21(15-33-25)24-17(2)12-20(13-18(24)3)32-19-8-9-23(31-5)27-14-19/h6-9,12-15,22,30H,1,4,10-11H2,2-3,5H3,(H,28,29). The molecule has 2 aromatic heterocycles. The predicted octanol–water partition coefficient (Wildman–Crippen LogP) is 5.56. The third-order valence-corrected chi connectivity index (χ3v) is 5.53. The van der Waals surface area contributed by atoms with E-state index in [2.05, 4.69) is 33.6 Å². The number of nitrogens with one attached hydrogen (secondary N) is 1. The minimum absolute atomic E-state index is 0.382. The third-order valence-electron chi connectivity index (χ3n) is 4.75. The topological polar surface area (TPSA) is 88.9 Å². The van der Waals surface area contributed by atoms with E-state index in [1.807, 2.05) is 49.6 Å². The lowest BCUT2D eigenvalue weighted by molar-refractivity contribution is 0.205. The molecule has 0 spiro atoms. The van der Waals surface area contributed by atoms with Gasteiger partial charge in [0.05, 0.1) is 25.5 Å². The summed E-state index contributed by atoms with van der Waals surface area (Å²) in [6.07, 6.45) is 4.92. The number of hydrogen-bond acceptors (Lipinski definition) is 8. The van der Waals surface area contributed by atoms with Crippen molar-refractivity contribution in [1.29, 1.82) is 0 Å². The Morgan fingerprint density at radius 2 is 2.03 bits per heavy atom. The number of anilines is 1. The Labute approximate surface area is 198 Å². The molecule has 0 radical (unpaired) electrons. The van der Waals surface area contributed by atoms with E-state index in [1.54, 1.807) is 19.4 Å². The van der Waals surface area contributed by atoms with Gasteiger partial charge < -0.3 is 19.9 Å². The average molecular weight is 465 g/mol. The lowest BCUT2D eigenvalue weighted by atomic mass is 10.0. The SMILES string of the molecule is C=NCC=CC(=C)CC(O)Nc1nc(-c2c(C)cc(Oc3ccc(OC)nc3)cc2C)cs1. The first kappa shape index (κ1) is 24.2. The maximum atomic E-state index is 10.3. The molecule has 2 N–H and O–H groups in total. The summed E-state index contributed by atoms with van der Waals surface area (Å²) in [5.74, 6) is 1.89. The van der Waals surface area contributed by atoms with Crippen LogP contribution in [0.2, 0.25) is 0 Å². The van der Waals surface area contributed by atoms with Crippen LogP contribution in [0.5, 0.6) is 17.4 Å². The van der Waals surface area contributed by atoms with Gasteiger partial charge >= 0.3 is 0 Å². The molecule has 0 aliphatic heterocycles. The minimum atomic E-state index is -0.783. The van der Waals surface area contributed by atoms with Crippen molar-refractivity contribution in [2.24, 2.45) is 4.99 Å². The number of ether oxygens (including phenoxy) is 2. The zero-order valence-electron chi connectivity index (χ0n) is 19.0. The molecule has 33 heavy (non-hydrogen) atoms. The molecule has 3 rings (SSSR count). The minimum Gasteiger partial charge on any atom is -0.481 e. The summed E-state index contributed by atoms with van der Waals surface area (Å²) >= 11 is 1.44. The number of benzene rings is 1. The van der Waals surface area contributed by atoms with Crippen molar-refractivity contribution >= 4 is 23.2 Å². The number of aliphatic imine (C=N–C) groups is 1. The predicted molar refractivity (Wildman–Crippen MR) is 135 cm³/mol. The van der Waals surface area contributed by atoms with Crippen LogP contribution in [0.15, 0.2) is 65.1 Å². The van der Waals surface area contributed by atoms with Gasteiger partial charge in [-0.3, -0.25) is 4.99 Å². The molecule has 8 heteroatoms. The van der Waals surface area contributed by atoms with Crippen LogP contribution < -0.4 is 14.8 Å². The molecule has 0 saturated carbocycles. The van der Waals surface area contributed by atoms with Crippen molar-refractivity contribution in [3.05, 3.63) is 71.3 Å². The molecule has 7 nitrogen and oxygen atoms in total. The number of aromatic nitrogens is 2. The van der Waals surface area contributed by atoms with Crippen molar-refractivity contribution in [3.63, 3.8) is 0 Å². The Kier molecular flexibility index (Phi) is 8.34. The Hall–Kier alpha value is -3.49. The maximum absolute atomic E-state index is 10.3. The van der Waals surface area contributed by atoms with Crippen molar-refractivity contribution in [2.45, 2.75) is 26.5 Å². The molecule has 0 saturated heterocycles. The summed E-state index contributed by atoms with van der Waals surface area (Å²) in [4.78, 5) is 12.6. The Balaban J connectivity index is 1.68. The molecular weight excluding hydrogens is 436 g/mol. The van der Waals surface area contributed by atoms with Crippen molar-refractivity contribution in [3.8, 4) is 28.6 Å². The van der Waals surface area contributed by atoms with Gasteiger partial charge in [0.2, 0.25) is 5.88 Å². The van der Waals surface area contributed by atoms with E-state index in [0.717, 1.165) is 33.7 Å². The summed E-state index contributed by atoms with van der Waals surface area (Å²) in [5.41, 5.74) is 4.76. The molecule has 0 bridgehead atoms. The second-order valence-corrected chi connectivity index (χ2v) is 8.30. The van der Waals surface area contributed by atoms with Gasteiger partial charge in [0.1, 0.15) is 17.7 Å². The van der Waals surface area contributed by atoms with E-state index in [9.17, 15) is 5.11 Å². The third kappa shape index (κ3) is 6.74. The number of aliphatic hydroxyl groups is 1. The van der Waals surface area contributed by atoms with Gasteiger partial charge in [0.15, 0.2) is 5.13 Å². The van der Waals surface area contributed by atoms with E-state index < -0.39 is 6.23 Å². The highest BCUT2D eigenvalue weighted by Crippen LogP contribution is 2.34. The summed E-state index contributed by atoms with van der Waals surface area (Å²) in [6.45, 7) is 11.9. The fourth-order valence-electron chi connectivity index (χ4n) is 3.33. The van der Waals surface area contributed by atoms with Crippen molar-refractivity contribution in [2.75, 3.05) is 19.0 Å². The van der Waals surface area contributed by atoms with E-state index in [0.29, 0.717) is 29.7 Å². The molecule has 1 aromatic carbocycles. The Bertz CT molecular complexity index is 1120. The zero-order valence-corrected chi connectivity index (χ0v) is 19.9. The summed E-state index contributed by atoms with van der Waals surface area (Å²) in [7, 11) is 1.58. The van der Waals surface area contributed by atoms with Crippen LogP contribution >= 0.6 is 11.3 Å². The summed E-state index contributed by atoms with van der Waals surface area (Å²) in [5, 5.41) is 16.0. The maximum Gasteiger partial charge on any atom is 0.213 e. The van der Waals surface area contributed by atoms with Gasteiger partial charge in [-0.15, -0.1) is 11.3 Å². The Morgan fingerprint density at radius 3 is 2.67 bits per heavy atom. The number of aryl methyl sites for hydroxylation is 2. The van der Waals surface area contributed by atoms with Crippen LogP contribution in [0.3, 0.4) is 0 Å². The molecule has 2 heterocycles. The second kappa shape index (κ2) is 11.4. The highest BCUT2D eigenvalue weighted by atomic mass is 32.1. The zero-order chi connectivity index (χ0) is 23.8. The first-order valence-corrected chi connectivity index (χ1v) is 11.2. The number of aliphatic hydroxyl groups excluding tert-OH is 1. The molecule has 0 aliphatic rings. The normalized spacial score (nSPS) is 11.9. The van der Waals surface area contributed by atoms with Crippen LogP contribution in [0.25, 0.3) is 11.3 Å². The molecule has 1 unspecified atom stereocenters. The number of allylic oxidation sites excluding steroid dienone is 1. The van der Waals surface area contributed by atoms with Crippen molar-refractivity contribution in [1.82, 2.24) is 9.97 Å². The van der Waals surface area contributed by atoms with Gasteiger partial charge in [-0.2, -0.15) is 0 Å². The van der Waals surface area contributed by atoms with Crippen LogP contribution in [-0.4, -0.2) is 41.7 Å². The highest BCUT2D eigenvalue weighted by Gasteiger charge is 2.14. The quantitative estimate of drug-likeness (QED) is 0.220. The monoisotopic (exact) mass is 464 g/mol. The first-order chi connectivity index (χ1) is 15.9. The largest absolute Gasteiger partial charge is 0.481 e. The second-order valence-electron chi connectivity index (χ2n) is 7.44. The lowest BCUT2D eigenvalue weighted by Gasteiger charge is -2.13. The molecule has 3 aromatic rings. The lowest BCUT2D eigenvalue weighted by Crippen LogP contribution is -2.18.